The van der Waals surface area contributed by atoms with Crippen molar-refractivity contribution < 1.29 is 53.8 Å². The van der Waals surface area contributed by atoms with Gasteiger partial charge in [0.15, 0.2) is 0 Å². The number of nitrogens with zero attached hydrogens (tertiary/aromatic N) is 2. The summed E-state index contributed by atoms with van der Waals surface area (Å²) in [5.41, 5.74) is 5.23. The predicted molar refractivity (Wildman–Crippen MR) is 67.3 cm³/mol. The van der Waals surface area contributed by atoms with Crippen LogP contribution in [0.1, 0.15) is 13.3 Å². The molecule has 2 fully saturated rings. The van der Waals surface area contributed by atoms with E-state index in [0.717, 1.165) is 6.54 Å². The molecule has 2 amide bonds. The van der Waals surface area contributed by atoms with Crippen LogP contribution in [0.4, 0.5) is 4.79 Å². The minimum Gasteiger partial charge on any atom is -0.543 e. The van der Waals surface area contributed by atoms with Gasteiger partial charge in [-0.3, -0.25) is 9.69 Å². The molecular formula is C13H16N3NaO5. The van der Waals surface area contributed by atoms with Gasteiger partial charge >= 0.3 is 35.7 Å². The number of rotatable bonds is 4. The Labute approximate surface area is 149 Å². The Morgan fingerprint density at radius 3 is 2.68 bits per heavy atom. The Balaban J connectivity index is 0.00000176. The average Bonchev–Trinajstić information content (AvgIpc) is 2.76. The number of hydrogen-bond acceptors (Lipinski definition) is 6. The predicted octanol–water partition coefficient (Wildman–Crippen LogP) is -4.98. The molecule has 0 spiro atoms. The molecule has 3 aliphatic heterocycles. The maximum Gasteiger partial charge on any atom is 1.00 e. The molecule has 0 radical (unpaired) electrons. The summed E-state index contributed by atoms with van der Waals surface area (Å²) in [6, 6.07) is -0.472. The maximum atomic E-state index is 12.2. The summed E-state index contributed by atoms with van der Waals surface area (Å²) in [5.74, 6) is -1.75. The molecule has 3 atom stereocenters. The van der Waals surface area contributed by atoms with E-state index >= 15 is 0 Å². The number of ether oxygens (including phenoxy) is 1. The largest absolute Gasteiger partial charge is 1.00 e. The number of amides is 2. The average molecular weight is 317 g/mol. The van der Waals surface area contributed by atoms with Crippen molar-refractivity contribution >= 4 is 18.0 Å². The normalized spacial score (nSPS) is 29.6. The SMILES string of the molecule is CCN1CCC2C(COC(N)=O)=C(C(=O)[O-])N3C(=O)[C@@H]1[C@@H]23.[Na+]. The van der Waals surface area contributed by atoms with Crippen molar-refractivity contribution in [3.8, 4) is 0 Å². The van der Waals surface area contributed by atoms with E-state index in [1.165, 1.54) is 4.90 Å². The third kappa shape index (κ3) is 2.34. The Morgan fingerprint density at radius 1 is 1.45 bits per heavy atom. The Bertz CT molecular complexity index is 564. The number of aliphatic carboxylic acids is 1. The number of likely N-dealkylation sites (tertiary alicyclic amines) is 1. The standard InChI is InChI=1S/C13H17N3O5.Na/c1-2-15-4-3-6-7(5-21-13(14)20)9(12(18)19)16-8(6)10(15)11(16)17;/h6,8,10H,2-5H2,1H3,(H2,14,20)(H,18,19);/q;+1/p-1/t6?,8-,10+;/m1./s1. The number of carbonyl (C=O) groups is 3. The van der Waals surface area contributed by atoms with Crippen molar-refractivity contribution in [2.75, 3.05) is 19.7 Å². The molecule has 0 aromatic heterocycles. The number of primary amides is 1. The van der Waals surface area contributed by atoms with Gasteiger partial charge in [-0.2, -0.15) is 0 Å². The van der Waals surface area contributed by atoms with Gasteiger partial charge in [-0.05, 0) is 25.1 Å². The second kappa shape index (κ2) is 6.19. The summed E-state index contributed by atoms with van der Waals surface area (Å²) in [6.07, 6.45) is -0.254. The van der Waals surface area contributed by atoms with E-state index in [4.69, 9.17) is 10.5 Å². The second-order valence-corrected chi connectivity index (χ2v) is 5.44. The van der Waals surface area contributed by atoms with E-state index in [1.807, 2.05) is 11.8 Å². The van der Waals surface area contributed by atoms with Crippen LogP contribution in [0, 0.1) is 5.92 Å². The van der Waals surface area contributed by atoms with Gasteiger partial charge in [0.25, 0.3) is 0 Å². The van der Waals surface area contributed by atoms with Gasteiger partial charge in [0.2, 0.25) is 5.91 Å². The molecule has 2 N–H and O–H groups in total. The smallest absolute Gasteiger partial charge is 0.543 e. The molecule has 22 heavy (non-hydrogen) atoms. The maximum absolute atomic E-state index is 12.2. The molecule has 0 aromatic rings. The zero-order valence-electron chi connectivity index (χ0n) is 12.6. The van der Waals surface area contributed by atoms with Crippen LogP contribution >= 0.6 is 0 Å². The Kier molecular flexibility index (Phi) is 4.86. The summed E-state index contributed by atoms with van der Waals surface area (Å²) in [5, 5.41) is 11.4. The van der Waals surface area contributed by atoms with Crippen LogP contribution in [0.15, 0.2) is 11.3 Å². The second-order valence-electron chi connectivity index (χ2n) is 5.44. The van der Waals surface area contributed by atoms with Crippen molar-refractivity contribution in [2.45, 2.75) is 25.4 Å². The van der Waals surface area contributed by atoms with E-state index in [-0.39, 0.29) is 65.8 Å². The van der Waals surface area contributed by atoms with E-state index < -0.39 is 12.1 Å². The molecule has 0 bridgehead atoms. The number of β-lactam (4-membered cyclic amide) rings is 1. The van der Waals surface area contributed by atoms with E-state index in [9.17, 15) is 19.5 Å². The quantitative estimate of drug-likeness (QED) is 0.410. The number of likely N-dealkylation sites (N-methyl/N-ethyl adjacent to an activating group) is 1. The summed E-state index contributed by atoms with van der Waals surface area (Å²) in [4.78, 5) is 37.7. The molecular weight excluding hydrogens is 301 g/mol. The number of carbonyl (C=O) groups excluding carboxylic acids is 3. The third-order valence-corrected chi connectivity index (χ3v) is 4.61. The first-order valence-electron chi connectivity index (χ1n) is 6.91. The van der Waals surface area contributed by atoms with Crippen molar-refractivity contribution in [3.05, 3.63) is 11.3 Å². The molecule has 8 nitrogen and oxygen atoms in total. The molecule has 114 valence electrons. The van der Waals surface area contributed by atoms with Crippen LogP contribution in [0.25, 0.3) is 0 Å². The number of hydrogen-bond donors (Lipinski definition) is 1. The zero-order chi connectivity index (χ0) is 15.3. The molecule has 3 rings (SSSR count). The van der Waals surface area contributed by atoms with E-state index in [0.29, 0.717) is 18.5 Å². The fraction of sp³-hybridized carbons (Fsp3) is 0.615. The minimum atomic E-state index is -1.41. The zero-order valence-corrected chi connectivity index (χ0v) is 14.6. The van der Waals surface area contributed by atoms with Crippen LogP contribution < -0.4 is 40.4 Å². The van der Waals surface area contributed by atoms with Crippen LogP contribution in [-0.4, -0.2) is 59.5 Å². The van der Waals surface area contributed by atoms with Crippen molar-refractivity contribution in [1.82, 2.24) is 9.80 Å². The van der Waals surface area contributed by atoms with E-state index in [2.05, 4.69) is 0 Å². The summed E-state index contributed by atoms with van der Waals surface area (Å²) >= 11 is 0. The first-order valence-corrected chi connectivity index (χ1v) is 6.91. The molecule has 3 aliphatic rings. The Morgan fingerprint density at radius 2 is 2.14 bits per heavy atom. The number of carboxylic acid groups (broad SMARTS) is 1. The van der Waals surface area contributed by atoms with Gasteiger partial charge in [0.1, 0.15) is 12.6 Å². The van der Waals surface area contributed by atoms with Crippen molar-refractivity contribution in [3.63, 3.8) is 0 Å². The number of piperidine rings is 1. The van der Waals surface area contributed by atoms with Crippen LogP contribution in [0.5, 0.6) is 0 Å². The summed E-state index contributed by atoms with van der Waals surface area (Å²) < 4.78 is 4.75. The monoisotopic (exact) mass is 317 g/mol. The third-order valence-electron chi connectivity index (χ3n) is 4.61. The molecule has 1 unspecified atom stereocenters. The Hall–Kier alpha value is -1.09. The molecule has 0 aromatic carbocycles. The fourth-order valence-corrected chi connectivity index (χ4v) is 3.76. The van der Waals surface area contributed by atoms with Crippen LogP contribution in [-0.2, 0) is 14.3 Å². The first-order chi connectivity index (χ1) is 9.97. The van der Waals surface area contributed by atoms with Gasteiger partial charge in [-0.25, -0.2) is 4.79 Å². The molecule has 9 heteroatoms. The number of carboxylic acids is 1. The van der Waals surface area contributed by atoms with Crippen molar-refractivity contribution in [2.24, 2.45) is 11.7 Å². The summed E-state index contributed by atoms with van der Waals surface area (Å²) in [6.45, 7) is 3.21. The minimum absolute atomic E-state index is 0. The van der Waals surface area contributed by atoms with Crippen LogP contribution in [0.2, 0.25) is 0 Å². The van der Waals surface area contributed by atoms with Gasteiger partial charge in [0, 0.05) is 5.92 Å². The molecule has 3 heterocycles. The molecule has 2 saturated heterocycles. The fourth-order valence-electron chi connectivity index (χ4n) is 3.76. The van der Waals surface area contributed by atoms with E-state index in [1.54, 1.807) is 0 Å². The molecule has 0 aliphatic carbocycles. The van der Waals surface area contributed by atoms with Gasteiger partial charge < -0.3 is 25.3 Å². The molecule has 0 saturated carbocycles. The number of nitrogens with two attached hydrogens (primary N) is 1. The van der Waals surface area contributed by atoms with Gasteiger partial charge in [-0.15, -0.1) is 0 Å². The summed E-state index contributed by atoms with van der Waals surface area (Å²) in [7, 11) is 0. The topological polar surface area (TPSA) is 116 Å². The van der Waals surface area contributed by atoms with Crippen molar-refractivity contribution in [1.29, 1.82) is 0 Å². The van der Waals surface area contributed by atoms with Gasteiger partial charge in [0.05, 0.1) is 17.7 Å². The van der Waals surface area contributed by atoms with Crippen LogP contribution in [0.3, 0.4) is 0 Å². The first kappa shape index (κ1) is 17.3. The van der Waals surface area contributed by atoms with Gasteiger partial charge in [-0.1, -0.05) is 6.92 Å².